The zero-order chi connectivity index (χ0) is 13.8. The van der Waals surface area contributed by atoms with Crippen molar-refractivity contribution in [2.24, 2.45) is 5.73 Å². The minimum atomic E-state index is -0.0111. The fraction of sp³-hybridized carbons (Fsp3) is 0.250. The topological polar surface area (TPSA) is 80.0 Å². The van der Waals surface area contributed by atoms with Crippen LogP contribution in [0.1, 0.15) is 19.8 Å². The lowest BCUT2D eigenvalue weighted by atomic mass is 10.3. The number of nitrogens with two attached hydrogens (primary N) is 1. The van der Waals surface area contributed by atoms with Crippen LogP contribution in [-0.2, 0) is 4.79 Å². The molecule has 100 valence electrons. The summed E-state index contributed by atoms with van der Waals surface area (Å²) in [6.45, 7) is 1.96. The molecular weight excluding hydrogens is 280 g/mol. The van der Waals surface area contributed by atoms with Crippen LogP contribution in [0, 0.1) is 0 Å². The van der Waals surface area contributed by atoms with Gasteiger partial charge in [0, 0.05) is 12.1 Å². The molecular formula is C12H14N4OS2. The highest BCUT2D eigenvalue weighted by atomic mass is 32.1. The van der Waals surface area contributed by atoms with Crippen LogP contribution in [0.15, 0.2) is 18.2 Å². The second kappa shape index (κ2) is 5.94. The number of rotatable bonds is 4. The van der Waals surface area contributed by atoms with E-state index in [9.17, 15) is 4.79 Å². The molecule has 0 aliphatic heterocycles. The molecule has 5 nitrogen and oxygen atoms in total. The first kappa shape index (κ1) is 13.7. The Morgan fingerprint density at radius 2 is 2.26 bits per heavy atom. The van der Waals surface area contributed by atoms with Crippen molar-refractivity contribution in [2.45, 2.75) is 19.8 Å². The van der Waals surface area contributed by atoms with Crippen molar-refractivity contribution in [1.29, 1.82) is 0 Å². The van der Waals surface area contributed by atoms with E-state index in [0.717, 1.165) is 22.3 Å². The number of thiocarbonyl (C=S) groups is 1. The lowest BCUT2D eigenvalue weighted by Gasteiger charge is -2.01. The van der Waals surface area contributed by atoms with E-state index in [1.54, 1.807) is 0 Å². The lowest BCUT2D eigenvalue weighted by Crippen LogP contribution is -2.18. The maximum absolute atomic E-state index is 11.5. The number of nitrogens with zero attached hydrogens (tertiary/aromatic N) is 1. The summed E-state index contributed by atoms with van der Waals surface area (Å²) in [6.07, 6.45) is 1.32. The van der Waals surface area contributed by atoms with Crippen molar-refractivity contribution in [3.8, 4) is 0 Å². The Bertz CT molecular complexity index is 623. The second-order valence-electron chi connectivity index (χ2n) is 3.99. The third-order valence-corrected chi connectivity index (χ3v) is 3.42. The second-order valence-corrected chi connectivity index (χ2v) is 5.46. The Balaban J connectivity index is 2.20. The molecule has 0 aliphatic carbocycles. The number of nitrogens with one attached hydrogen (secondary N) is 2. The maximum Gasteiger partial charge on any atom is 0.226 e. The van der Waals surface area contributed by atoms with Crippen molar-refractivity contribution in [2.75, 3.05) is 10.6 Å². The number of hydrogen-bond acceptors (Lipinski definition) is 4. The van der Waals surface area contributed by atoms with Crippen LogP contribution in [0.25, 0.3) is 10.2 Å². The van der Waals surface area contributed by atoms with Gasteiger partial charge in [-0.3, -0.25) is 4.79 Å². The quantitative estimate of drug-likeness (QED) is 0.755. The molecule has 0 radical (unpaired) electrons. The van der Waals surface area contributed by atoms with Gasteiger partial charge in [-0.25, -0.2) is 4.98 Å². The summed E-state index contributed by atoms with van der Waals surface area (Å²) in [5.74, 6) is -0.0111. The Morgan fingerprint density at radius 1 is 1.47 bits per heavy atom. The summed E-state index contributed by atoms with van der Waals surface area (Å²) in [5, 5.41) is 6.49. The predicted octanol–water partition coefficient (Wildman–Crippen LogP) is 2.69. The lowest BCUT2D eigenvalue weighted by molar-refractivity contribution is -0.116. The highest BCUT2D eigenvalue weighted by Gasteiger charge is 2.07. The summed E-state index contributed by atoms with van der Waals surface area (Å²) < 4.78 is 0.966. The molecule has 1 aromatic carbocycles. The molecule has 1 aromatic heterocycles. The number of carbonyl (C=O) groups is 1. The summed E-state index contributed by atoms with van der Waals surface area (Å²) in [7, 11) is 0. The summed E-state index contributed by atoms with van der Waals surface area (Å²) in [6, 6.07) is 5.61. The SMILES string of the molecule is CCCC(=O)Nc1nc2ccc(NC(N)=S)cc2s1. The third kappa shape index (κ3) is 3.62. The Morgan fingerprint density at radius 3 is 2.95 bits per heavy atom. The van der Waals surface area contributed by atoms with E-state index in [0.29, 0.717) is 11.6 Å². The summed E-state index contributed by atoms with van der Waals surface area (Å²) in [5.41, 5.74) is 7.08. The maximum atomic E-state index is 11.5. The van der Waals surface area contributed by atoms with Crippen LogP contribution in [0.3, 0.4) is 0 Å². The zero-order valence-electron chi connectivity index (χ0n) is 10.4. The standard InChI is InChI=1S/C12H14N4OS2/c1-2-3-10(17)16-12-15-8-5-4-7(14-11(13)18)6-9(8)19-12/h4-6H,2-3H2,1H3,(H3,13,14,18)(H,15,16,17). The normalized spacial score (nSPS) is 10.4. The zero-order valence-corrected chi connectivity index (χ0v) is 12.0. The number of anilines is 2. The summed E-state index contributed by atoms with van der Waals surface area (Å²) >= 11 is 6.21. The van der Waals surface area contributed by atoms with Crippen molar-refractivity contribution >= 4 is 55.6 Å². The van der Waals surface area contributed by atoms with Gasteiger partial charge in [-0.05, 0) is 36.8 Å². The van der Waals surface area contributed by atoms with Gasteiger partial charge in [-0.15, -0.1) is 0 Å². The van der Waals surface area contributed by atoms with Crippen LogP contribution in [0.2, 0.25) is 0 Å². The molecule has 0 atom stereocenters. The van der Waals surface area contributed by atoms with Gasteiger partial charge in [0.25, 0.3) is 0 Å². The van der Waals surface area contributed by atoms with E-state index in [1.165, 1.54) is 11.3 Å². The number of amides is 1. The molecule has 0 saturated carbocycles. The molecule has 0 bridgehead atoms. The van der Waals surface area contributed by atoms with Crippen molar-refractivity contribution in [1.82, 2.24) is 4.98 Å². The number of fused-ring (bicyclic) bond motifs is 1. The van der Waals surface area contributed by atoms with E-state index in [-0.39, 0.29) is 11.0 Å². The van der Waals surface area contributed by atoms with E-state index in [4.69, 9.17) is 18.0 Å². The van der Waals surface area contributed by atoms with Crippen molar-refractivity contribution < 1.29 is 4.79 Å². The molecule has 1 heterocycles. The number of aromatic nitrogens is 1. The van der Waals surface area contributed by atoms with Gasteiger partial charge in [-0.2, -0.15) is 0 Å². The highest BCUT2D eigenvalue weighted by Crippen LogP contribution is 2.28. The van der Waals surface area contributed by atoms with Gasteiger partial charge in [0.2, 0.25) is 5.91 Å². The van der Waals surface area contributed by atoms with Crippen LogP contribution in [-0.4, -0.2) is 16.0 Å². The number of thiazole rings is 1. The van der Waals surface area contributed by atoms with E-state index in [1.807, 2.05) is 25.1 Å². The average molecular weight is 294 g/mol. The number of carbonyl (C=O) groups excluding carboxylic acids is 1. The Kier molecular flexibility index (Phi) is 4.28. The van der Waals surface area contributed by atoms with Crippen LogP contribution in [0.4, 0.5) is 10.8 Å². The van der Waals surface area contributed by atoms with Gasteiger partial charge in [-0.1, -0.05) is 18.3 Å². The first-order valence-electron chi connectivity index (χ1n) is 5.85. The first-order valence-corrected chi connectivity index (χ1v) is 7.08. The van der Waals surface area contributed by atoms with Crippen molar-refractivity contribution in [3.05, 3.63) is 18.2 Å². The van der Waals surface area contributed by atoms with E-state index < -0.39 is 0 Å². The Labute approximate surface area is 120 Å². The largest absolute Gasteiger partial charge is 0.376 e. The molecule has 0 spiro atoms. The van der Waals surface area contributed by atoms with E-state index in [2.05, 4.69) is 15.6 Å². The number of hydrogen-bond donors (Lipinski definition) is 3. The van der Waals surface area contributed by atoms with Crippen LogP contribution in [0.5, 0.6) is 0 Å². The first-order chi connectivity index (χ1) is 9.08. The molecule has 19 heavy (non-hydrogen) atoms. The third-order valence-electron chi connectivity index (χ3n) is 2.38. The molecule has 7 heteroatoms. The minimum absolute atomic E-state index is 0.0111. The van der Waals surface area contributed by atoms with Gasteiger partial charge in [0.05, 0.1) is 10.2 Å². The van der Waals surface area contributed by atoms with Gasteiger partial charge in [0.1, 0.15) is 0 Å². The monoisotopic (exact) mass is 294 g/mol. The molecule has 0 aliphatic rings. The molecule has 0 saturated heterocycles. The predicted molar refractivity (Wildman–Crippen MR) is 83.6 cm³/mol. The Hall–Kier alpha value is -1.73. The minimum Gasteiger partial charge on any atom is -0.376 e. The van der Waals surface area contributed by atoms with Crippen molar-refractivity contribution in [3.63, 3.8) is 0 Å². The van der Waals surface area contributed by atoms with Crippen LogP contribution < -0.4 is 16.4 Å². The van der Waals surface area contributed by atoms with Gasteiger partial charge in [0.15, 0.2) is 10.2 Å². The molecule has 0 fully saturated rings. The smallest absolute Gasteiger partial charge is 0.226 e. The van der Waals surface area contributed by atoms with Gasteiger partial charge < -0.3 is 16.4 Å². The fourth-order valence-electron chi connectivity index (χ4n) is 1.61. The summed E-state index contributed by atoms with van der Waals surface area (Å²) in [4.78, 5) is 15.9. The van der Waals surface area contributed by atoms with Crippen LogP contribution >= 0.6 is 23.6 Å². The highest BCUT2D eigenvalue weighted by molar-refractivity contribution is 7.80. The average Bonchev–Trinajstić information content (AvgIpc) is 2.69. The fourth-order valence-corrected chi connectivity index (χ4v) is 2.65. The number of benzene rings is 1. The molecule has 4 N–H and O–H groups in total. The molecule has 2 rings (SSSR count). The molecule has 2 aromatic rings. The molecule has 1 amide bonds. The van der Waals surface area contributed by atoms with Gasteiger partial charge >= 0.3 is 0 Å². The van der Waals surface area contributed by atoms with E-state index >= 15 is 0 Å². The molecule has 0 unspecified atom stereocenters.